The van der Waals surface area contributed by atoms with E-state index in [1.807, 2.05) is 0 Å². The first-order chi connectivity index (χ1) is 9.13. The van der Waals surface area contributed by atoms with Gasteiger partial charge in [0, 0.05) is 0 Å². The molecule has 0 atom stereocenters. The van der Waals surface area contributed by atoms with Crippen LogP contribution in [0, 0.1) is 11.3 Å². The molecule has 102 valence electrons. The third-order valence-corrected chi connectivity index (χ3v) is 3.97. The molecule has 0 spiro atoms. The van der Waals surface area contributed by atoms with E-state index in [4.69, 9.17) is 27.3 Å². The Labute approximate surface area is 119 Å². The van der Waals surface area contributed by atoms with Crippen molar-refractivity contribution >= 4 is 11.6 Å². The maximum Gasteiger partial charge on any atom is 0.138 e. The quantitative estimate of drug-likeness (QED) is 0.859. The summed E-state index contributed by atoms with van der Waals surface area (Å²) in [5.74, 6) is 0.606. The second-order valence-electron chi connectivity index (χ2n) is 5.32. The predicted molar refractivity (Wildman–Crippen MR) is 76.3 cm³/mol. The van der Waals surface area contributed by atoms with Gasteiger partial charge in [0.2, 0.25) is 0 Å². The number of rotatable bonds is 3. The van der Waals surface area contributed by atoms with Crippen LogP contribution in [0.5, 0.6) is 5.75 Å². The standard InChI is InChI=1S/C15H19ClN2O/c16-13-9-12(10-17)5-6-14(13)19-11-15(18)7-3-1-2-4-8-15/h5-6,9H,1-4,7-8,11,18H2. The molecule has 1 aliphatic rings. The molecule has 1 aromatic rings. The summed E-state index contributed by atoms with van der Waals surface area (Å²) < 4.78 is 5.77. The first kappa shape index (κ1) is 14.2. The largest absolute Gasteiger partial charge is 0.490 e. The average molecular weight is 279 g/mol. The maximum atomic E-state index is 8.79. The van der Waals surface area contributed by atoms with Crippen LogP contribution in [0.4, 0.5) is 0 Å². The number of nitrogens with two attached hydrogens (primary N) is 1. The number of halogens is 1. The van der Waals surface area contributed by atoms with Crippen LogP contribution in [0.1, 0.15) is 44.1 Å². The van der Waals surface area contributed by atoms with Gasteiger partial charge >= 0.3 is 0 Å². The molecule has 1 aliphatic carbocycles. The normalized spacial score (nSPS) is 18.4. The molecule has 4 heteroatoms. The van der Waals surface area contributed by atoms with E-state index >= 15 is 0 Å². The lowest BCUT2D eigenvalue weighted by Crippen LogP contribution is -2.45. The molecule has 1 aromatic carbocycles. The minimum absolute atomic E-state index is 0.242. The maximum absolute atomic E-state index is 8.79. The molecule has 0 saturated heterocycles. The molecular weight excluding hydrogens is 260 g/mol. The van der Waals surface area contributed by atoms with Crippen molar-refractivity contribution in [3.05, 3.63) is 28.8 Å². The first-order valence-corrected chi connectivity index (χ1v) is 7.12. The van der Waals surface area contributed by atoms with Gasteiger partial charge in [-0.1, -0.05) is 37.3 Å². The van der Waals surface area contributed by atoms with Gasteiger partial charge in [0.05, 0.1) is 22.2 Å². The summed E-state index contributed by atoms with van der Waals surface area (Å²) in [6.07, 6.45) is 6.86. The van der Waals surface area contributed by atoms with Gasteiger partial charge in [-0.15, -0.1) is 0 Å². The van der Waals surface area contributed by atoms with E-state index < -0.39 is 0 Å². The summed E-state index contributed by atoms with van der Waals surface area (Å²) in [4.78, 5) is 0. The lowest BCUT2D eigenvalue weighted by atomic mass is 9.92. The van der Waals surface area contributed by atoms with E-state index in [2.05, 4.69) is 6.07 Å². The summed E-state index contributed by atoms with van der Waals surface area (Å²) >= 11 is 6.09. The predicted octanol–water partition coefficient (Wildman–Crippen LogP) is 3.64. The topological polar surface area (TPSA) is 59.0 Å². The highest BCUT2D eigenvalue weighted by Crippen LogP contribution is 2.29. The van der Waals surface area contributed by atoms with E-state index in [-0.39, 0.29) is 5.54 Å². The summed E-state index contributed by atoms with van der Waals surface area (Å²) in [6, 6.07) is 7.11. The monoisotopic (exact) mass is 278 g/mol. The van der Waals surface area contributed by atoms with Crippen molar-refractivity contribution in [2.24, 2.45) is 5.73 Å². The first-order valence-electron chi connectivity index (χ1n) is 6.74. The zero-order valence-electron chi connectivity index (χ0n) is 11.0. The third-order valence-electron chi connectivity index (χ3n) is 3.68. The van der Waals surface area contributed by atoms with Crippen LogP contribution in [-0.4, -0.2) is 12.1 Å². The number of ether oxygens (including phenoxy) is 1. The van der Waals surface area contributed by atoms with Crippen LogP contribution < -0.4 is 10.5 Å². The minimum Gasteiger partial charge on any atom is -0.490 e. The van der Waals surface area contributed by atoms with Gasteiger partial charge in [-0.05, 0) is 31.0 Å². The van der Waals surface area contributed by atoms with Gasteiger partial charge in [-0.3, -0.25) is 0 Å². The summed E-state index contributed by atoms with van der Waals surface area (Å²) in [5.41, 5.74) is 6.69. The molecule has 0 unspecified atom stereocenters. The fraction of sp³-hybridized carbons (Fsp3) is 0.533. The van der Waals surface area contributed by atoms with E-state index in [1.165, 1.54) is 25.7 Å². The number of nitrogens with zero attached hydrogens (tertiary/aromatic N) is 1. The highest BCUT2D eigenvalue weighted by molar-refractivity contribution is 6.32. The Bertz CT molecular complexity index is 474. The zero-order chi connectivity index (χ0) is 13.7. The Balaban J connectivity index is 2.00. The minimum atomic E-state index is -0.242. The Hall–Kier alpha value is -1.24. The lowest BCUT2D eigenvalue weighted by molar-refractivity contribution is 0.199. The second-order valence-corrected chi connectivity index (χ2v) is 5.73. The van der Waals surface area contributed by atoms with Gasteiger partial charge in [0.15, 0.2) is 0 Å². The van der Waals surface area contributed by atoms with Crippen molar-refractivity contribution in [3.8, 4) is 11.8 Å². The van der Waals surface area contributed by atoms with Crippen molar-refractivity contribution < 1.29 is 4.74 Å². The van der Waals surface area contributed by atoms with Gasteiger partial charge < -0.3 is 10.5 Å². The molecule has 0 bridgehead atoms. The van der Waals surface area contributed by atoms with E-state index in [1.54, 1.807) is 18.2 Å². The van der Waals surface area contributed by atoms with Crippen LogP contribution in [0.2, 0.25) is 5.02 Å². The van der Waals surface area contributed by atoms with Crippen LogP contribution in [0.15, 0.2) is 18.2 Å². The molecule has 0 radical (unpaired) electrons. The molecular formula is C15H19ClN2O. The molecule has 2 N–H and O–H groups in total. The fourth-order valence-electron chi connectivity index (χ4n) is 2.49. The lowest BCUT2D eigenvalue weighted by Gasteiger charge is -2.28. The Morgan fingerprint density at radius 2 is 1.95 bits per heavy atom. The molecule has 2 rings (SSSR count). The third kappa shape index (κ3) is 3.86. The number of hydrogen-bond donors (Lipinski definition) is 1. The van der Waals surface area contributed by atoms with Crippen molar-refractivity contribution in [3.63, 3.8) is 0 Å². The Morgan fingerprint density at radius 3 is 2.53 bits per heavy atom. The number of hydrogen-bond acceptors (Lipinski definition) is 3. The molecule has 0 amide bonds. The van der Waals surface area contributed by atoms with Crippen LogP contribution >= 0.6 is 11.6 Å². The van der Waals surface area contributed by atoms with Gasteiger partial charge in [-0.2, -0.15) is 5.26 Å². The average Bonchev–Trinajstić information content (AvgIpc) is 2.62. The number of nitriles is 1. The molecule has 1 saturated carbocycles. The SMILES string of the molecule is N#Cc1ccc(OCC2(N)CCCCCC2)c(Cl)c1. The van der Waals surface area contributed by atoms with E-state index in [0.717, 1.165) is 12.8 Å². The highest BCUT2D eigenvalue weighted by atomic mass is 35.5. The molecule has 0 aliphatic heterocycles. The molecule has 0 heterocycles. The van der Waals surface area contributed by atoms with Crippen molar-refractivity contribution in [1.29, 1.82) is 5.26 Å². The highest BCUT2D eigenvalue weighted by Gasteiger charge is 2.27. The Morgan fingerprint density at radius 1 is 1.26 bits per heavy atom. The molecule has 0 aromatic heterocycles. The summed E-state index contributed by atoms with van der Waals surface area (Å²) in [7, 11) is 0. The van der Waals surface area contributed by atoms with Crippen LogP contribution in [-0.2, 0) is 0 Å². The van der Waals surface area contributed by atoms with Gasteiger partial charge in [0.1, 0.15) is 12.4 Å². The second kappa shape index (κ2) is 6.27. The van der Waals surface area contributed by atoms with Crippen LogP contribution in [0.25, 0.3) is 0 Å². The van der Waals surface area contributed by atoms with Crippen molar-refractivity contribution in [2.45, 2.75) is 44.1 Å². The van der Waals surface area contributed by atoms with Crippen LogP contribution in [0.3, 0.4) is 0 Å². The zero-order valence-corrected chi connectivity index (χ0v) is 11.7. The summed E-state index contributed by atoms with van der Waals surface area (Å²) in [6.45, 7) is 0.485. The summed E-state index contributed by atoms with van der Waals surface area (Å²) in [5, 5.41) is 9.26. The number of benzene rings is 1. The fourth-order valence-corrected chi connectivity index (χ4v) is 2.72. The van der Waals surface area contributed by atoms with E-state index in [0.29, 0.717) is 22.9 Å². The van der Waals surface area contributed by atoms with Crippen molar-refractivity contribution in [1.82, 2.24) is 0 Å². The molecule has 1 fully saturated rings. The van der Waals surface area contributed by atoms with E-state index in [9.17, 15) is 0 Å². The van der Waals surface area contributed by atoms with Gasteiger partial charge in [-0.25, -0.2) is 0 Å². The molecule has 19 heavy (non-hydrogen) atoms. The smallest absolute Gasteiger partial charge is 0.138 e. The van der Waals surface area contributed by atoms with Crippen molar-refractivity contribution in [2.75, 3.05) is 6.61 Å². The van der Waals surface area contributed by atoms with Gasteiger partial charge in [0.25, 0.3) is 0 Å². The Kier molecular flexibility index (Phi) is 4.68. The molecule has 3 nitrogen and oxygen atoms in total.